The van der Waals surface area contributed by atoms with Crippen LogP contribution in [0.15, 0.2) is 24.0 Å². The van der Waals surface area contributed by atoms with Crippen molar-refractivity contribution in [2.45, 2.75) is 20.8 Å². The number of ketones is 1. The van der Waals surface area contributed by atoms with Gasteiger partial charge in [-0.2, -0.15) is 0 Å². The van der Waals surface area contributed by atoms with Gasteiger partial charge in [0.25, 0.3) is 0 Å². The normalized spacial score (nSPS) is 8.64. The molecule has 0 saturated heterocycles. The Morgan fingerprint density at radius 3 is 2.45 bits per heavy atom. The zero-order chi connectivity index (χ0) is 8.85. The van der Waals surface area contributed by atoms with Gasteiger partial charge in [-0.3, -0.25) is 4.79 Å². The van der Waals surface area contributed by atoms with Crippen LogP contribution in [0.1, 0.15) is 20.8 Å². The highest BCUT2D eigenvalue weighted by Gasteiger charge is 2.02. The molecule has 0 aliphatic carbocycles. The standard InChI is InChI=1S/C9H14O2/c1-5-11-8(4)9(10)6-7(2)3/h6H,4-5H2,1-3H3. The van der Waals surface area contributed by atoms with Crippen molar-refractivity contribution >= 4 is 5.78 Å². The first-order chi connectivity index (χ1) is 5.07. The molecule has 0 unspecified atom stereocenters. The third-order valence-corrected chi connectivity index (χ3v) is 1.01. The fraction of sp³-hybridized carbons (Fsp3) is 0.444. The van der Waals surface area contributed by atoms with E-state index >= 15 is 0 Å². The van der Waals surface area contributed by atoms with Crippen LogP contribution in [-0.2, 0) is 9.53 Å². The molecule has 2 nitrogen and oxygen atoms in total. The number of carbonyl (C=O) groups excluding carboxylic acids is 1. The zero-order valence-corrected chi connectivity index (χ0v) is 7.31. The fourth-order valence-corrected chi connectivity index (χ4v) is 0.588. The number of hydrogen-bond acceptors (Lipinski definition) is 2. The van der Waals surface area contributed by atoms with Gasteiger partial charge >= 0.3 is 0 Å². The van der Waals surface area contributed by atoms with Gasteiger partial charge in [0.2, 0.25) is 5.78 Å². The van der Waals surface area contributed by atoms with Gasteiger partial charge in [0.1, 0.15) is 0 Å². The molecule has 0 rings (SSSR count). The Morgan fingerprint density at radius 2 is 2.09 bits per heavy atom. The summed E-state index contributed by atoms with van der Waals surface area (Å²) in [6.45, 7) is 9.51. The Labute approximate surface area is 67.6 Å². The smallest absolute Gasteiger partial charge is 0.219 e. The van der Waals surface area contributed by atoms with Crippen LogP contribution >= 0.6 is 0 Å². The van der Waals surface area contributed by atoms with Gasteiger partial charge in [0.05, 0.1) is 6.61 Å². The highest BCUT2D eigenvalue weighted by Crippen LogP contribution is 1.99. The molecular weight excluding hydrogens is 140 g/mol. The summed E-state index contributed by atoms with van der Waals surface area (Å²) in [5.74, 6) is 0.0700. The molecule has 0 atom stereocenters. The van der Waals surface area contributed by atoms with Crippen LogP contribution in [0, 0.1) is 0 Å². The molecule has 0 aromatic heterocycles. The van der Waals surface area contributed by atoms with Crippen molar-refractivity contribution in [3.8, 4) is 0 Å². The van der Waals surface area contributed by atoms with Crippen LogP contribution in [0.25, 0.3) is 0 Å². The highest BCUT2D eigenvalue weighted by molar-refractivity contribution is 6.02. The van der Waals surface area contributed by atoms with Crippen molar-refractivity contribution in [2.24, 2.45) is 0 Å². The molecule has 0 radical (unpaired) electrons. The molecule has 0 aliphatic rings. The largest absolute Gasteiger partial charge is 0.490 e. The summed E-state index contributed by atoms with van der Waals surface area (Å²) < 4.78 is 4.92. The highest BCUT2D eigenvalue weighted by atomic mass is 16.5. The Morgan fingerprint density at radius 1 is 1.55 bits per heavy atom. The number of ether oxygens (including phenoxy) is 1. The first-order valence-corrected chi connectivity index (χ1v) is 3.58. The van der Waals surface area contributed by atoms with Crippen LogP contribution in [0.3, 0.4) is 0 Å². The molecule has 0 saturated carbocycles. The van der Waals surface area contributed by atoms with Gasteiger partial charge in [-0.15, -0.1) is 0 Å². The zero-order valence-electron chi connectivity index (χ0n) is 7.31. The quantitative estimate of drug-likeness (QED) is 0.457. The molecule has 0 aromatic carbocycles. The Kier molecular flexibility index (Phi) is 4.27. The number of carbonyl (C=O) groups is 1. The molecule has 0 bridgehead atoms. The van der Waals surface area contributed by atoms with Crippen molar-refractivity contribution in [1.82, 2.24) is 0 Å². The van der Waals surface area contributed by atoms with Crippen LogP contribution in [-0.4, -0.2) is 12.4 Å². The maximum atomic E-state index is 11.0. The van der Waals surface area contributed by atoms with Gasteiger partial charge in [-0.25, -0.2) is 0 Å². The van der Waals surface area contributed by atoms with Gasteiger partial charge in [0.15, 0.2) is 5.76 Å². The molecule has 0 aromatic rings. The molecule has 0 N–H and O–H groups in total. The van der Waals surface area contributed by atoms with Crippen LogP contribution in [0.2, 0.25) is 0 Å². The average Bonchev–Trinajstić information content (AvgIpc) is 1.86. The van der Waals surface area contributed by atoms with E-state index in [1.54, 1.807) is 0 Å². The summed E-state index contributed by atoms with van der Waals surface area (Å²) in [5.41, 5.74) is 0.954. The number of allylic oxidation sites excluding steroid dienone is 2. The first kappa shape index (κ1) is 9.95. The second-order valence-corrected chi connectivity index (χ2v) is 2.44. The molecule has 2 heteroatoms. The number of hydrogen-bond donors (Lipinski definition) is 0. The second-order valence-electron chi connectivity index (χ2n) is 2.44. The fourth-order valence-electron chi connectivity index (χ4n) is 0.588. The van der Waals surface area contributed by atoms with Crippen molar-refractivity contribution in [3.05, 3.63) is 24.0 Å². The molecule has 0 fully saturated rings. The lowest BCUT2D eigenvalue weighted by molar-refractivity contribution is -0.114. The summed E-state index contributed by atoms with van der Waals surface area (Å²) in [4.78, 5) is 11.0. The van der Waals surface area contributed by atoms with Gasteiger partial charge in [-0.1, -0.05) is 12.2 Å². The minimum atomic E-state index is -0.146. The van der Waals surface area contributed by atoms with Crippen LogP contribution in [0.4, 0.5) is 0 Å². The molecule has 0 heterocycles. The first-order valence-electron chi connectivity index (χ1n) is 3.58. The minimum Gasteiger partial charge on any atom is -0.490 e. The van der Waals surface area contributed by atoms with E-state index in [-0.39, 0.29) is 11.5 Å². The topological polar surface area (TPSA) is 26.3 Å². The third-order valence-electron chi connectivity index (χ3n) is 1.01. The molecule has 0 amide bonds. The molecule has 0 aliphatic heterocycles. The molecule has 11 heavy (non-hydrogen) atoms. The van der Waals surface area contributed by atoms with E-state index in [0.717, 1.165) is 5.57 Å². The predicted molar refractivity (Wildman–Crippen MR) is 45.2 cm³/mol. The van der Waals surface area contributed by atoms with E-state index in [9.17, 15) is 4.79 Å². The summed E-state index contributed by atoms with van der Waals surface area (Å²) in [5, 5.41) is 0. The lowest BCUT2D eigenvalue weighted by atomic mass is 10.2. The van der Waals surface area contributed by atoms with E-state index in [2.05, 4.69) is 6.58 Å². The van der Waals surface area contributed by atoms with Crippen LogP contribution in [0.5, 0.6) is 0 Å². The lowest BCUT2D eigenvalue weighted by Crippen LogP contribution is -2.01. The second kappa shape index (κ2) is 4.72. The summed E-state index contributed by atoms with van der Waals surface area (Å²) in [7, 11) is 0. The SMILES string of the molecule is C=C(OCC)C(=O)C=C(C)C. The minimum absolute atomic E-state index is 0.146. The summed E-state index contributed by atoms with van der Waals surface area (Å²) in [6, 6.07) is 0. The molecule has 0 spiro atoms. The number of rotatable bonds is 4. The maximum absolute atomic E-state index is 11.0. The molecule has 62 valence electrons. The molecular formula is C9H14O2. The van der Waals surface area contributed by atoms with E-state index in [1.165, 1.54) is 6.08 Å². The van der Waals surface area contributed by atoms with Crippen molar-refractivity contribution in [3.63, 3.8) is 0 Å². The monoisotopic (exact) mass is 154 g/mol. The summed E-state index contributed by atoms with van der Waals surface area (Å²) >= 11 is 0. The van der Waals surface area contributed by atoms with E-state index in [4.69, 9.17) is 4.74 Å². The summed E-state index contributed by atoms with van der Waals surface area (Å²) in [6.07, 6.45) is 1.51. The van der Waals surface area contributed by atoms with Crippen molar-refractivity contribution in [2.75, 3.05) is 6.61 Å². The Bertz CT molecular complexity index is 186. The van der Waals surface area contributed by atoms with Gasteiger partial charge in [-0.05, 0) is 26.8 Å². The van der Waals surface area contributed by atoms with Gasteiger partial charge in [0, 0.05) is 0 Å². The maximum Gasteiger partial charge on any atom is 0.219 e. The predicted octanol–water partition coefficient (Wildman–Crippen LogP) is 2.07. The van der Waals surface area contributed by atoms with Crippen LogP contribution < -0.4 is 0 Å². The average molecular weight is 154 g/mol. The Hall–Kier alpha value is -1.05. The van der Waals surface area contributed by atoms with Crippen molar-refractivity contribution < 1.29 is 9.53 Å². The third kappa shape index (κ3) is 4.37. The Balaban J connectivity index is 4.05. The van der Waals surface area contributed by atoms with E-state index < -0.39 is 0 Å². The lowest BCUT2D eigenvalue weighted by Gasteiger charge is -2.01. The van der Waals surface area contributed by atoms with E-state index in [0.29, 0.717) is 6.61 Å². The van der Waals surface area contributed by atoms with E-state index in [1.807, 2.05) is 20.8 Å². The van der Waals surface area contributed by atoms with Crippen molar-refractivity contribution in [1.29, 1.82) is 0 Å². The van der Waals surface area contributed by atoms with Gasteiger partial charge < -0.3 is 4.74 Å².